The van der Waals surface area contributed by atoms with Crippen LogP contribution in [0.5, 0.6) is 0 Å². The van der Waals surface area contributed by atoms with Gasteiger partial charge in [0.25, 0.3) is 0 Å². The van der Waals surface area contributed by atoms with Gasteiger partial charge in [-0.15, -0.1) is 0 Å². The van der Waals surface area contributed by atoms with Crippen LogP contribution in [0.2, 0.25) is 0 Å². The standard InChI is InChI=1S/C15H17NO2/c1-2-18-10-9-14(17)11-13-8-7-12-5-3-4-6-15(12)16-13/h3-8H,2,9-11H2,1H3. The van der Waals surface area contributed by atoms with E-state index in [-0.39, 0.29) is 5.78 Å². The smallest absolute Gasteiger partial charge is 0.141 e. The maximum absolute atomic E-state index is 11.7. The molecule has 0 aliphatic carbocycles. The Balaban J connectivity index is 2.01. The highest BCUT2D eigenvalue weighted by molar-refractivity contribution is 5.82. The van der Waals surface area contributed by atoms with Crippen LogP contribution in [0.25, 0.3) is 10.9 Å². The average Bonchev–Trinajstić information content (AvgIpc) is 2.39. The molecule has 0 saturated heterocycles. The lowest BCUT2D eigenvalue weighted by atomic mass is 10.1. The quantitative estimate of drug-likeness (QED) is 0.732. The van der Waals surface area contributed by atoms with Crippen LogP contribution in [0, 0.1) is 0 Å². The van der Waals surface area contributed by atoms with Gasteiger partial charge in [-0.05, 0) is 19.1 Å². The second kappa shape index (κ2) is 6.26. The van der Waals surface area contributed by atoms with Crippen LogP contribution in [0.1, 0.15) is 19.0 Å². The number of pyridine rings is 1. The van der Waals surface area contributed by atoms with Gasteiger partial charge in [-0.2, -0.15) is 0 Å². The molecule has 0 N–H and O–H groups in total. The van der Waals surface area contributed by atoms with Crippen LogP contribution in [0.4, 0.5) is 0 Å². The highest BCUT2D eigenvalue weighted by Gasteiger charge is 2.05. The van der Waals surface area contributed by atoms with E-state index in [0.29, 0.717) is 26.1 Å². The fourth-order valence-electron chi connectivity index (χ4n) is 1.83. The van der Waals surface area contributed by atoms with Crippen molar-refractivity contribution in [1.29, 1.82) is 0 Å². The van der Waals surface area contributed by atoms with E-state index in [4.69, 9.17) is 4.74 Å². The van der Waals surface area contributed by atoms with Crippen LogP contribution in [0.15, 0.2) is 36.4 Å². The topological polar surface area (TPSA) is 39.2 Å². The van der Waals surface area contributed by atoms with E-state index >= 15 is 0 Å². The van der Waals surface area contributed by atoms with Gasteiger partial charge in [-0.1, -0.05) is 24.3 Å². The number of rotatable bonds is 6. The molecule has 0 bridgehead atoms. The van der Waals surface area contributed by atoms with Gasteiger partial charge in [-0.25, -0.2) is 0 Å². The van der Waals surface area contributed by atoms with Crippen LogP contribution in [0.3, 0.4) is 0 Å². The fourth-order valence-corrected chi connectivity index (χ4v) is 1.83. The predicted octanol–water partition coefficient (Wildman–Crippen LogP) is 2.77. The third-order valence-electron chi connectivity index (χ3n) is 2.76. The van der Waals surface area contributed by atoms with Crippen LogP contribution >= 0.6 is 0 Å². The molecule has 0 spiro atoms. The number of carbonyl (C=O) groups excluding carboxylic acids is 1. The van der Waals surface area contributed by atoms with E-state index < -0.39 is 0 Å². The number of aromatic nitrogens is 1. The van der Waals surface area contributed by atoms with Crippen molar-refractivity contribution in [2.45, 2.75) is 19.8 Å². The Morgan fingerprint density at radius 3 is 2.89 bits per heavy atom. The van der Waals surface area contributed by atoms with Crippen LogP contribution in [-0.2, 0) is 16.0 Å². The number of ether oxygens (including phenoxy) is 1. The summed E-state index contributed by atoms with van der Waals surface area (Å²) in [6.07, 6.45) is 0.847. The van der Waals surface area contributed by atoms with E-state index in [1.54, 1.807) is 0 Å². The summed E-state index contributed by atoms with van der Waals surface area (Å²) < 4.78 is 5.17. The molecule has 1 aromatic heterocycles. The Morgan fingerprint density at radius 2 is 2.06 bits per heavy atom. The second-order valence-electron chi connectivity index (χ2n) is 4.16. The summed E-state index contributed by atoms with van der Waals surface area (Å²) in [6.45, 7) is 3.08. The third-order valence-corrected chi connectivity index (χ3v) is 2.76. The number of ketones is 1. The van der Waals surface area contributed by atoms with Gasteiger partial charge in [-0.3, -0.25) is 9.78 Å². The number of Topliss-reactive ketones (excluding diaryl/α,β-unsaturated/α-hetero) is 1. The highest BCUT2D eigenvalue weighted by Crippen LogP contribution is 2.12. The van der Waals surface area contributed by atoms with E-state index in [1.807, 2.05) is 43.3 Å². The van der Waals surface area contributed by atoms with Crippen molar-refractivity contribution in [3.63, 3.8) is 0 Å². The van der Waals surface area contributed by atoms with Crippen molar-refractivity contribution >= 4 is 16.7 Å². The van der Waals surface area contributed by atoms with Crippen LogP contribution in [-0.4, -0.2) is 24.0 Å². The van der Waals surface area contributed by atoms with Crippen molar-refractivity contribution in [2.75, 3.05) is 13.2 Å². The monoisotopic (exact) mass is 243 g/mol. The molecule has 2 rings (SSSR count). The Kier molecular flexibility index (Phi) is 4.42. The number of carbonyl (C=O) groups is 1. The Labute approximate surface area is 107 Å². The van der Waals surface area contributed by atoms with Crippen molar-refractivity contribution in [3.8, 4) is 0 Å². The number of para-hydroxylation sites is 1. The number of fused-ring (bicyclic) bond motifs is 1. The molecule has 0 atom stereocenters. The second-order valence-corrected chi connectivity index (χ2v) is 4.16. The summed E-state index contributed by atoms with van der Waals surface area (Å²) in [5.74, 6) is 0.172. The number of hydrogen-bond donors (Lipinski definition) is 0. The van der Waals surface area contributed by atoms with Gasteiger partial charge in [0.1, 0.15) is 5.78 Å². The minimum Gasteiger partial charge on any atom is -0.381 e. The SMILES string of the molecule is CCOCCC(=O)Cc1ccc2ccccc2n1. The third kappa shape index (κ3) is 3.37. The molecular weight excluding hydrogens is 226 g/mol. The number of benzene rings is 1. The maximum atomic E-state index is 11.7. The van der Waals surface area contributed by atoms with Gasteiger partial charge in [0.15, 0.2) is 0 Å². The maximum Gasteiger partial charge on any atom is 0.141 e. The Bertz CT molecular complexity index is 537. The minimum atomic E-state index is 0.172. The Hall–Kier alpha value is -1.74. The zero-order valence-electron chi connectivity index (χ0n) is 10.6. The van der Waals surface area contributed by atoms with Gasteiger partial charge in [0.05, 0.1) is 12.1 Å². The average molecular weight is 243 g/mol. The fraction of sp³-hybridized carbons (Fsp3) is 0.333. The first-order chi connectivity index (χ1) is 8.79. The molecule has 94 valence electrons. The molecule has 0 radical (unpaired) electrons. The molecule has 0 aliphatic heterocycles. The van der Waals surface area contributed by atoms with E-state index in [9.17, 15) is 4.79 Å². The van der Waals surface area contributed by atoms with Crippen molar-refractivity contribution in [1.82, 2.24) is 4.98 Å². The van der Waals surface area contributed by atoms with Crippen molar-refractivity contribution in [3.05, 3.63) is 42.1 Å². The first-order valence-electron chi connectivity index (χ1n) is 6.23. The van der Waals surface area contributed by atoms with Gasteiger partial charge < -0.3 is 4.74 Å². The molecule has 18 heavy (non-hydrogen) atoms. The molecule has 0 amide bonds. The minimum absolute atomic E-state index is 0.172. The largest absolute Gasteiger partial charge is 0.381 e. The highest BCUT2D eigenvalue weighted by atomic mass is 16.5. The van der Waals surface area contributed by atoms with Gasteiger partial charge in [0, 0.05) is 30.5 Å². The Morgan fingerprint density at radius 1 is 1.22 bits per heavy atom. The summed E-state index contributed by atoms with van der Waals surface area (Å²) >= 11 is 0. The first-order valence-corrected chi connectivity index (χ1v) is 6.23. The lowest BCUT2D eigenvalue weighted by Gasteiger charge is -2.03. The lowest BCUT2D eigenvalue weighted by Crippen LogP contribution is -2.08. The normalized spacial score (nSPS) is 10.7. The summed E-state index contributed by atoms with van der Waals surface area (Å²) in [6, 6.07) is 11.8. The molecule has 0 unspecified atom stereocenters. The van der Waals surface area contributed by atoms with E-state index in [1.165, 1.54) is 0 Å². The van der Waals surface area contributed by atoms with Gasteiger partial charge >= 0.3 is 0 Å². The van der Waals surface area contributed by atoms with E-state index in [2.05, 4.69) is 4.98 Å². The lowest BCUT2D eigenvalue weighted by molar-refractivity contribution is -0.119. The molecule has 0 fully saturated rings. The summed E-state index contributed by atoms with van der Waals surface area (Å²) in [5.41, 5.74) is 1.77. The molecule has 2 aromatic rings. The molecule has 0 aliphatic rings. The summed E-state index contributed by atoms with van der Waals surface area (Å²) in [7, 11) is 0. The van der Waals surface area contributed by atoms with Gasteiger partial charge in [0.2, 0.25) is 0 Å². The first kappa shape index (κ1) is 12.7. The molecule has 1 heterocycles. The zero-order valence-corrected chi connectivity index (χ0v) is 10.6. The van der Waals surface area contributed by atoms with Crippen molar-refractivity contribution in [2.24, 2.45) is 0 Å². The molecule has 3 nitrogen and oxygen atoms in total. The summed E-state index contributed by atoms with van der Waals surface area (Å²) in [5, 5.41) is 1.10. The number of nitrogens with zero attached hydrogens (tertiary/aromatic N) is 1. The molecule has 1 aromatic carbocycles. The van der Waals surface area contributed by atoms with Crippen molar-refractivity contribution < 1.29 is 9.53 Å². The predicted molar refractivity (Wildman–Crippen MR) is 71.6 cm³/mol. The molecular formula is C15H17NO2. The summed E-state index contributed by atoms with van der Waals surface area (Å²) in [4.78, 5) is 16.2. The molecule has 0 saturated carbocycles. The number of hydrogen-bond acceptors (Lipinski definition) is 3. The van der Waals surface area contributed by atoms with E-state index in [0.717, 1.165) is 16.6 Å². The molecule has 3 heteroatoms. The zero-order chi connectivity index (χ0) is 12.8. The van der Waals surface area contributed by atoms with Crippen LogP contribution < -0.4 is 0 Å².